The number of aromatic nitrogens is 3. The Kier molecular flexibility index (Phi) is 4.36. The van der Waals surface area contributed by atoms with Crippen molar-refractivity contribution in [2.75, 3.05) is 0 Å². The minimum atomic E-state index is 0.962. The second-order valence-corrected chi connectivity index (χ2v) is 8.93. The molecule has 0 N–H and O–H groups in total. The second kappa shape index (κ2) is 7.71. The molecule has 35 heavy (non-hydrogen) atoms. The maximum absolute atomic E-state index is 4.72. The Labute approximate surface area is 203 Å². The molecule has 0 radical (unpaired) electrons. The summed E-state index contributed by atoms with van der Waals surface area (Å²) in [4.78, 5) is 14.1. The Bertz CT molecular complexity index is 1770. The number of hydrogen-bond donors (Lipinski definition) is 0. The van der Waals surface area contributed by atoms with Crippen LogP contribution in [-0.2, 0) is 0 Å². The first-order chi connectivity index (χ1) is 17.3. The van der Waals surface area contributed by atoms with Crippen LogP contribution in [0.2, 0.25) is 0 Å². The highest BCUT2D eigenvalue weighted by atomic mass is 14.7. The van der Waals surface area contributed by atoms with Gasteiger partial charge in [-0.1, -0.05) is 42.5 Å². The van der Waals surface area contributed by atoms with Gasteiger partial charge in [0.15, 0.2) is 0 Å². The van der Waals surface area contributed by atoms with Crippen LogP contribution in [0.15, 0.2) is 110 Å². The average molecular weight is 448 g/mol. The van der Waals surface area contributed by atoms with Gasteiger partial charge in [-0.2, -0.15) is 0 Å². The fraction of sp³-hybridized carbons (Fsp3) is 0.0312. The first-order valence-corrected chi connectivity index (χ1v) is 11.8. The van der Waals surface area contributed by atoms with Crippen LogP contribution in [0.1, 0.15) is 5.56 Å². The molecule has 0 fully saturated rings. The number of nitrogens with zero attached hydrogens (tertiary/aromatic N) is 3. The molecule has 0 atom stereocenters. The predicted octanol–water partition coefficient (Wildman–Crippen LogP) is 8.08. The lowest BCUT2D eigenvalue weighted by molar-refractivity contribution is 1.32. The van der Waals surface area contributed by atoms with Crippen molar-refractivity contribution in [3.63, 3.8) is 0 Å². The normalized spacial score (nSPS) is 11.6. The van der Waals surface area contributed by atoms with Gasteiger partial charge >= 0.3 is 0 Å². The van der Waals surface area contributed by atoms with Crippen LogP contribution in [0, 0.1) is 6.92 Å². The first kappa shape index (κ1) is 19.8. The number of benzene rings is 4. The van der Waals surface area contributed by atoms with E-state index in [1.807, 2.05) is 55.0 Å². The summed E-state index contributed by atoms with van der Waals surface area (Å²) in [6.07, 6.45) is 5.58. The lowest BCUT2D eigenvalue weighted by Gasteiger charge is -2.19. The molecule has 164 valence electrons. The summed E-state index contributed by atoms with van der Waals surface area (Å²) in [5.74, 6) is 0. The van der Waals surface area contributed by atoms with E-state index in [2.05, 4.69) is 66.5 Å². The molecule has 0 unspecified atom stereocenters. The highest BCUT2D eigenvalue weighted by molar-refractivity contribution is 6.30. The summed E-state index contributed by atoms with van der Waals surface area (Å²) in [7, 11) is 0. The quantitative estimate of drug-likeness (QED) is 0.257. The minimum Gasteiger partial charge on any atom is -0.256 e. The van der Waals surface area contributed by atoms with Gasteiger partial charge in [0.05, 0.1) is 17.1 Å². The molecular formula is C32H21N3. The van der Waals surface area contributed by atoms with E-state index in [0.29, 0.717) is 0 Å². The van der Waals surface area contributed by atoms with Crippen molar-refractivity contribution >= 4 is 32.3 Å². The van der Waals surface area contributed by atoms with Crippen LogP contribution in [0.5, 0.6) is 0 Å². The van der Waals surface area contributed by atoms with Crippen molar-refractivity contribution in [2.45, 2.75) is 6.92 Å². The highest BCUT2D eigenvalue weighted by Gasteiger charge is 2.20. The first-order valence-electron chi connectivity index (χ1n) is 11.8. The molecule has 0 aliphatic heterocycles. The Morgan fingerprint density at radius 1 is 0.429 bits per heavy atom. The molecule has 3 aromatic heterocycles. The van der Waals surface area contributed by atoms with Gasteiger partial charge in [-0.25, -0.2) is 0 Å². The minimum absolute atomic E-state index is 0.962. The van der Waals surface area contributed by atoms with E-state index in [0.717, 1.165) is 33.8 Å². The summed E-state index contributed by atoms with van der Waals surface area (Å²) >= 11 is 0. The summed E-state index contributed by atoms with van der Waals surface area (Å²) in [6, 6.07) is 31.8. The third-order valence-electron chi connectivity index (χ3n) is 6.93. The molecule has 0 spiro atoms. The third-order valence-corrected chi connectivity index (χ3v) is 6.93. The van der Waals surface area contributed by atoms with E-state index in [4.69, 9.17) is 9.97 Å². The van der Waals surface area contributed by atoms with E-state index in [1.165, 1.54) is 37.9 Å². The maximum atomic E-state index is 4.72. The van der Waals surface area contributed by atoms with E-state index < -0.39 is 0 Å². The van der Waals surface area contributed by atoms with E-state index in [-0.39, 0.29) is 0 Å². The van der Waals surface area contributed by atoms with Gasteiger partial charge < -0.3 is 0 Å². The molecule has 4 aromatic carbocycles. The van der Waals surface area contributed by atoms with Crippen LogP contribution < -0.4 is 0 Å². The number of aryl methyl sites for hydroxylation is 1. The van der Waals surface area contributed by atoms with Gasteiger partial charge in [-0.05, 0) is 93.3 Å². The third kappa shape index (κ3) is 3.02. The molecule has 0 saturated heterocycles. The topological polar surface area (TPSA) is 38.7 Å². The molecule has 3 heteroatoms. The zero-order valence-corrected chi connectivity index (χ0v) is 19.2. The molecule has 0 amide bonds. The van der Waals surface area contributed by atoms with Crippen LogP contribution in [-0.4, -0.2) is 15.0 Å². The van der Waals surface area contributed by atoms with Gasteiger partial charge in [0.25, 0.3) is 0 Å². The Morgan fingerprint density at radius 3 is 1.26 bits per heavy atom. The van der Waals surface area contributed by atoms with Crippen molar-refractivity contribution < 1.29 is 0 Å². The molecule has 7 aromatic rings. The van der Waals surface area contributed by atoms with Gasteiger partial charge in [0, 0.05) is 35.3 Å². The van der Waals surface area contributed by atoms with Gasteiger partial charge in [-0.15, -0.1) is 0 Å². The van der Waals surface area contributed by atoms with E-state index in [1.54, 1.807) is 0 Å². The van der Waals surface area contributed by atoms with E-state index in [9.17, 15) is 0 Å². The monoisotopic (exact) mass is 447 g/mol. The molecule has 3 heterocycles. The molecule has 0 bridgehead atoms. The molecule has 3 nitrogen and oxygen atoms in total. The molecule has 0 aliphatic rings. The van der Waals surface area contributed by atoms with Crippen molar-refractivity contribution in [3.05, 3.63) is 115 Å². The Hall–Kier alpha value is -4.63. The predicted molar refractivity (Wildman–Crippen MR) is 145 cm³/mol. The molecular weight excluding hydrogens is 426 g/mol. The fourth-order valence-corrected chi connectivity index (χ4v) is 5.37. The standard InChI is InChI=1S/C32H21N3/c1-20-18-25(28-8-2-5-15-33-28)22-13-14-24-27(30-10-4-7-17-35-30)19-26(29-9-3-6-16-34-29)23-12-11-21(20)31(22)32(23)24/h2-19H,1H3. The largest absolute Gasteiger partial charge is 0.256 e. The van der Waals surface area contributed by atoms with Crippen LogP contribution in [0.25, 0.3) is 66.1 Å². The zero-order chi connectivity index (χ0) is 23.4. The molecule has 0 aliphatic carbocycles. The fourth-order valence-electron chi connectivity index (χ4n) is 5.37. The van der Waals surface area contributed by atoms with Crippen molar-refractivity contribution in [3.8, 4) is 33.8 Å². The maximum Gasteiger partial charge on any atom is 0.0708 e. The lowest BCUT2D eigenvalue weighted by atomic mass is 9.84. The van der Waals surface area contributed by atoms with Crippen LogP contribution >= 0.6 is 0 Å². The van der Waals surface area contributed by atoms with Crippen molar-refractivity contribution in [1.29, 1.82) is 0 Å². The summed E-state index contributed by atoms with van der Waals surface area (Å²) in [5.41, 5.74) is 7.56. The number of hydrogen-bond acceptors (Lipinski definition) is 3. The summed E-state index contributed by atoms with van der Waals surface area (Å²) < 4.78 is 0. The number of pyridine rings is 3. The van der Waals surface area contributed by atoms with Gasteiger partial charge in [0.2, 0.25) is 0 Å². The van der Waals surface area contributed by atoms with E-state index >= 15 is 0 Å². The molecule has 0 saturated carbocycles. The Balaban J connectivity index is 1.70. The van der Waals surface area contributed by atoms with Crippen LogP contribution in [0.4, 0.5) is 0 Å². The zero-order valence-electron chi connectivity index (χ0n) is 19.2. The lowest BCUT2D eigenvalue weighted by Crippen LogP contribution is -1.95. The average Bonchev–Trinajstić information content (AvgIpc) is 2.93. The Morgan fingerprint density at radius 2 is 0.829 bits per heavy atom. The van der Waals surface area contributed by atoms with Gasteiger partial charge in [-0.3, -0.25) is 15.0 Å². The smallest absolute Gasteiger partial charge is 0.0708 e. The molecule has 7 rings (SSSR count). The van der Waals surface area contributed by atoms with Gasteiger partial charge in [0.1, 0.15) is 0 Å². The number of rotatable bonds is 3. The SMILES string of the molecule is Cc1cc(-c2ccccn2)c2ccc3c(-c4ccccn4)cc(-c4ccccn4)c4ccc1c2c43. The summed E-state index contributed by atoms with van der Waals surface area (Å²) in [5, 5.41) is 7.42. The highest BCUT2D eigenvalue weighted by Crippen LogP contribution is 2.45. The van der Waals surface area contributed by atoms with Crippen molar-refractivity contribution in [1.82, 2.24) is 15.0 Å². The van der Waals surface area contributed by atoms with Crippen molar-refractivity contribution in [2.24, 2.45) is 0 Å². The van der Waals surface area contributed by atoms with Crippen LogP contribution in [0.3, 0.4) is 0 Å². The summed E-state index contributed by atoms with van der Waals surface area (Å²) in [6.45, 7) is 2.19. The second-order valence-electron chi connectivity index (χ2n) is 8.93.